The first-order valence-electron chi connectivity index (χ1n) is 7.11. The van der Waals surface area contributed by atoms with E-state index >= 15 is 0 Å². The number of carbonyl (C=O) groups excluding carboxylic acids is 1. The van der Waals surface area contributed by atoms with Crippen molar-refractivity contribution >= 4 is 17.6 Å². The van der Waals surface area contributed by atoms with Crippen LogP contribution in [0, 0.1) is 5.82 Å². The minimum absolute atomic E-state index is 0.306. The Morgan fingerprint density at radius 1 is 1.32 bits per heavy atom. The van der Waals surface area contributed by atoms with Crippen molar-refractivity contribution in [1.82, 2.24) is 4.90 Å². The van der Waals surface area contributed by atoms with Crippen LogP contribution in [-0.2, 0) is 9.53 Å². The molecule has 4 nitrogen and oxygen atoms in total. The van der Waals surface area contributed by atoms with Crippen molar-refractivity contribution in [2.45, 2.75) is 13.3 Å². The van der Waals surface area contributed by atoms with E-state index in [4.69, 9.17) is 4.74 Å². The Hall–Kier alpha value is -2.08. The van der Waals surface area contributed by atoms with E-state index in [1.54, 1.807) is 17.9 Å². The number of morpholine rings is 1. The molecule has 0 saturated carbocycles. The Labute approximate surface area is 128 Å². The summed E-state index contributed by atoms with van der Waals surface area (Å²) in [7, 11) is 0. The summed E-state index contributed by atoms with van der Waals surface area (Å²) in [5.74, 6) is -1.43. The summed E-state index contributed by atoms with van der Waals surface area (Å²) in [5, 5.41) is 0. The highest BCUT2D eigenvalue weighted by Gasteiger charge is 2.18. The zero-order chi connectivity index (χ0) is 15.9. The molecule has 0 aliphatic carbocycles. The average molecular weight is 308 g/mol. The largest absolute Gasteiger partial charge is 0.378 e. The van der Waals surface area contributed by atoms with Crippen LogP contribution in [0.1, 0.15) is 18.9 Å². The molecule has 118 valence electrons. The van der Waals surface area contributed by atoms with E-state index in [1.807, 2.05) is 0 Å². The SMILES string of the molecule is C/C=C(\N=C(F)CC(=O)N1CCOCC1)c1ccc(F)cc1. The molecule has 1 heterocycles. The van der Waals surface area contributed by atoms with E-state index in [0.717, 1.165) is 0 Å². The molecule has 1 fully saturated rings. The van der Waals surface area contributed by atoms with Crippen LogP contribution in [0.15, 0.2) is 35.3 Å². The molecule has 1 aromatic carbocycles. The second kappa shape index (κ2) is 7.79. The molecule has 0 spiro atoms. The lowest BCUT2D eigenvalue weighted by molar-refractivity contribution is -0.134. The lowest BCUT2D eigenvalue weighted by Crippen LogP contribution is -2.41. The smallest absolute Gasteiger partial charge is 0.231 e. The Morgan fingerprint density at radius 3 is 2.55 bits per heavy atom. The number of amides is 1. The number of allylic oxidation sites excluding steroid dienone is 1. The molecule has 1 aliphatic heterocycles. The highest BCUT2D eigenvalue weighted by atomic mass is 19.1. The Bertz CT molecular complexity index is 576. The van der Waals surface area contributed by atoms with E-state index in [0.29, 0.717) is 37.6 Å². The van der Waals surface area contributed by atoms with Gasteiger partial charge in [-0.2, -0.15) is 4.39 Å². The zero-order valence-corrected chi connectivity index (χ0v) is 12.4. The fourth-order valence-corrected chi connectivity index (χ4v) is 2.14. The average Bonchev–Trinajstić information content (AvgIpc) is 2.54. The number of rotatable bonds is 4. The van der Waals surface area contributed by atoms with Gasteiger partial charge in [-0.1, -0.05) is 6.08 Å². The third kappa shape index (κ3) is 4.46. The van der Waals surface area contributed by atoms with Crippen LogP contribution in [0.2, 0.25) is 0 Å². The molecule has 6 heteroatoms. The summed E-state index contributed by atoms with van der Waals surface area (Å²) >= 11 is 0. The maximum atomic E-state index is 14.0. The normalized spacial score (nSPS) is 16.8. The van der Waals surface area contributed by atoms with Gasteiger partial charge in [0.25, 0.3) is 0 Å². The van der Waals surface area contributed by atoms with Crippen LogP contribution >= 0.6 is 0 Å². The molecule has 0 aromatic heterocycles. The number of nitrogens with zero attached hydrogens (tertiary/aromatic N) is 2. The number of carbonyl (C=O) groups is 1. The van der Waals surface area contributed by atoms with E-state index in [-0.39, 0.29) is 18.1 Å². The maximum absolute atomic E-state index is 14.0. The summed E-state index contributed by atoms with van der Waals surface area (Å²) in [5.41, 5.74) is 0.963. The quantitative estimate of drug-likeness (QED) is 0.803. The standard InChI is InChI=1S/C16H18F2N2O2/c1-2-14(12-3-5-13(17)6-4-12)19-15(18)11-16(21)20-7-9-22-10-8-20/h2-6H,7-11H2,1H3/b14-2-,19-15?. The molecular weight excluding hydrogens is 290 g/mol. The van der Waals surface area contributed by atoms with Gasteiger partial charge in [0.1, 0.15) is 5.82 Å². The van der Waals surface area contributed by atoms with Crippen molar-refractivity contribution in [2.75, 3.05) is 26.3 Å². The van der Waals surface area contributed by atoms with Crippen molar-refractivity contribution in [1.29, 1.82) is 0 Å². The monoisotopic (exact) mass is 308 g/mol. The molecule has 1 saturated heterocycles. The number of ether oxygens (including phenoxy) is 1. The van der Waals surface area contributed by atoms with E-state index in [9.17, 15) is 13.6 Å². The summed E-state index contributed by atoms with van der Waals surface area (Å²) in [6, 6.07) is 5.60. The number of hydrogen-bond acceptors (Lipinski definition) is 3. The molecule has 1 aliphatic rings. The predicted molar refractivity (Wildman–Crippen MR) is 80.6 cm³/mol. The van der Waals surface area contributed by atoms with Crippen LogP contribution in [0.5, 0.6) is 0 Å². The lowest BCUT2D eigenvalue weighted by atomic mass is 10.1. The summed E-state index contributed by atoms with van der Waals surface area (Å²) in [6.07, 6.45) is 1.24. The molecule has 1 amide bonds. The molecule has 0 N–H and O–H groups in total. The van der Waals surface area contributed by atoms with Gasteiger partial charge in [0.15, 0.2) is 5.97 Å². The number of hydrogen-bond donors (Lipinski definition) is 0. The first-order chi connectivity index (χ1) is 10.6. The zero-order valence-electron chi connectivity index (χ0n) is 12.4. The van der Waals surface area contributed by atoms with Gasteiger partial charge in [-0.15, -0.1) is 0 Å². The van der Waals surface area contributed by atoms with Crippen molar-refractivity contribution in [3.63, 3.8) is 0 Å². The second-order valence-electron chi connectivity index (χ2n) is 4.84. The van der Waals surface area contributed by atoms with Gasteiger partial charge in [0.05, 0.1) is 25.3 Å². The Kier molecular flexibility index (Phi) is 5.77. The molecule has 0 radical (unpaired) electrons. The van der Waals surface area contributed by atoms with Gasteiger partial charge >= 0.3 is 0 Å². The van der Waals surface area contributed by atoms with E-state index < -0.39 is 5.97 Å². The predicted octanol–water partition coefficient (Wildman–Crippen LogP) is 2.80. The molecule has 22 heavy (non-hydrogen) atoms. The van der Waals surface area contributed by atoms with Crippen molar-refractivity contribution < 1.29 is 18.3 Å². The molecular formula is C16H18F2N2O2. The maximum Gasteiger partial charge on any atom is 0.231 e. The molecule has 2 rings (SSSR count). The lowest BCUT2D eigenvalue weighted by Gasteiger charge is -2.26. The summed E-state index contributed by atoms with van der Waals surface area (Å²) < 4.78 is 32.0. The first kappa shape index (κ1) is 16.3. The fraction of sp³-hybridized carbons (Fsp3) is 0.375. The third-order valence-corrected chi connectivity index (χ3v) is 3.32. The topological polar surface area (TPSA) is 41.9 Å². The van der Waals surface area contributed by atoms with Gasteiger partial charge in [-0.3, -0.25) is 4.79 Å². The van der Waals surface area contributed by atoms with Crippen molar-refractivity contribution in [3.05, 3.63) is 41.7 Å². The van der Waals surface area contributed by atoms with Gasteiger partial charge in [-0.05, 0) is 31.2 Å². The number of benzene rings is 1. The van der Waals surface area contributed by atoms with Crippen LogP contribution in [0.3, 0.4) is 0 Å². The number of halogens is 2. The van der Waals surface area contributed by atoms with E-state index in [2.05, 4.69) is 4.99 Å². The van der Waals surface area contributed by atoms with Gasteiger partial charge in [-0.25, -0.2) is 9.38 Å². The highest BCUT2D eigenvalue weighted by Crippen LogP contribution is 2.17. The molecule has 0 bridgehead atoms. The van der Waals surface area contributed by atoms with Crippen molar-refractivity contribution in [2.24, 2.45) is 4.99 Å². The van der Waals surface area contributed by atoms with Crippen molar-refractivity contribution in [3.8, 4) is 0 Å². The van der Waals surface area contributed by atoms with Gasteiger partial charge in [0.2, 0.25) is 5.91 Å². The Morgan fingerprint density at radius 2 is 1.95 bits per heavy atom. The minimum atomic E-state index is -0.756. The summed E-state index contributed by atoms with van der Waals surface area (Å²) in [4.78, 5) is 17.3. The first-order valence-corrected chi connectivity index (χ1v) is 7.11. The van der Waals surface area contributed by atoms with Gasteiger partial charge < -0.3 is 9.64 Å². The number of aliphatic imine (C=N–C) groups is 1. The third-order valence-electron chi connectivity index (χ3n) is 3.32. The molecule has 0 unspecified atom stereocenters. The minimum Gasteiger partial charge on any atom is -0.378 e. The van der Waals surface area contributed by atoms with Gasteiger partial charge in [0, 0.05) is 18.7 Å². The molecule has 0 atom stereocenters. The highest BCUT2D eigenvalue weighted by molar-refractivity contribution is 5.98. The van der Waals surface area contributed by atoms with Crippen LogP contribution in [0.25, 0.3) is 5.70 Å². The van der Waals surface area contributed by atoms with Crippen LogP contribution in [0.4, 0.5) is 8.78 Å². The van der Waals surface area contributed by atoms with E-state index in [1.165, 1.54) is 24.3 Å². The summed E-state index contributed by atoms with van der Waals surface area (Å²) in [6.45, 7) is 3.60. The second-order valence-corrected chi connectivity index (χ2v) is 4.84. The fourth-order valence-electron chi connectivity index (χ4n) is 2.14. The van der Waals surface area contributed by atoms with Crippen LogP contribution < -0.4 is 0 Å². The van der Waals surface area contributed by atoms with Crippen LogP contribution in [-0.4, -0.2) is 43.1 Å². The molecule has 1 aromatic rings. The Balaban J connectivity index is 2.03.